The molecule has 3 nitrogen and oxygen atoms in total. The second kappa shape index (κ2) is 6.06. The zero-order valence-electron chi connectivity index (χ0n) is 12.0. The van der Waals surface area contributed by atoms with Gasteiger partial charge in [0.15, 0.2) is 0 Å². The molecule has 3 rings (SSSR count). The molecule has 0 radical (unpaired) electrons. The molecular weight excluding hydrogens is 284 g/mol. The Bertz CT molecular complexity index is 623. The Labute approximate surface area is 130 Å². The van der Waals surface area contributed by atoms with Crippen molar-refractivity contribution >= 4 is 11.6 Å². The number of nitrogens with one attached hydrogen (secondary N) is 1. The van der Waals surface area contributed by atoms with Crippen molar-refractivity contribution in [2.75, 3.05) is 0 Å². The van der Waals surface area contributed by atoms with Crippen LogP contribution in [0, 0.1) is 6.92 Å². The second-order valence-electron chi connectivity index (χ2n) is 5.49. The van der Waals surface area contributed by atoms with Crippen molar-refractivity contribution in [1.29, 1.82) is 0 Å². The largest absolute Gasteiger partial charge is 0.490 e. The maximum absolute atomic E-state index is 6.08. The van der Waals surface area contributed by atoms with E-state index in [1.807, 2.05) is 43.3 Å². The van der Waals surface area contributed by atoms with Crippen LogP contribution in [0.5, 0.6) is 5.75 Å². The van der Waals surface area contributed by atoms with Crippen LogP contribution in [0.1, 0.15) is 35.6 Å². The lowest BCUT2D eigenvalue weighted by atomic mass is 9.98. The predicted molar refractivity (Wildman–Crippen MR) is 85.4 cm³/mol. The summed E-state index contributed by atoms with van der Waals surface area (Å²) in [5.41, 5.74) is 6.11. The fraction of sp³-hybridized carbons (Fsp3) is 0.294. The minimum atomic E-state index is -0.0593. The molecule has 0 aromatic heterocycles. The zero-order chi connectivity index (χ0) is 14.8. The number of hydrogen-bond acceptors (Lipinski definition) is 3. The van der Waals surface area contributed by atoms with E-state index >= 15 is 0 Å². The summed E-state index contributed by atoms with van der Waals surface area (Å²) in [6.45, 7) is 1.99. The third-order valence-electron chi connectivity index (χ3n) is 3.72. The molecule has 1 fully saturated rings. The highest BCUT2D eigenvalue weighted by molar-refractivity contribution is 6.31. The predicted octanol–water partition coefficient (Wildman–Crippen LogP) is 3.74. The van der Waals surface area contributed by atoms with Crippen molar-refractivity contribution in [3.63, 3.8) is 0 Å². The summed E-state index contributed by atoms with van der Waals surface area (Å²) in [5, 5.41) is 0.766. The van der Waals surface area contributed by atoms with Crippen molar-refractivity contribution in [2.45, 2.75) is 31.9 Å². The summed E-state index contributed by atoms with van der Waals surface area (Å²) >= 11 is 6.08. The minimum absolute atomic E-state index is 0.0593. The van der Waals surface area contributed by atoms with E-state index in [4.69, 9.17) is 22.2 Å². The zero-order valence-corrected chi connectivity index (χ0v) is 12.7. The van der Waals surface area contributed by atoms with Gasteiger partial charge in [-0.3, -0.25) is 5.84 Å². The fourth-order valence-electron chi connectivity index (χ4n) is 2.35. The van der Waals surface area contributed by atoms with Gasteiger partial charge in [0.05, 0.1) is 12.1 Å². The topological polar surface area (TPSA) is 47.3 Å². The van der Waals surface area contributed by atoms with Crippen LogP contribution in [0.4, 0.5) is 0 Å². The molecule has 0 aliphatic heterocycles. The molecule has 1 saturated carbocycles. The van der Waals surface area contributed by atoms with Crippen LogP contribution in [0.25, 0.3) is 0 Å². The first-order valence-electron chi connectivity index (χ1n) is 7.16. The summed E-state index contributed by atoms with van der Waals surface area (Å²) in [6.07, 6.45) is 2.75. The number of rotatable bonds is 5. The van der Waals surface area contributed by atoms with Crippen molar-refractivity contribution in [1.82, 2.24) is 5.43 Å². The van der Waals surface area contributed by atoms with E-state index < -0.39 is 0 Å². The van der Waals surface area contributed by atoms with Gasteiger partial charge in [0.1, 0.15) is 5.75 Å². The lowest BCUT2D eigenvalue weighted by Gasteiger charge is -2.18. The van der Waals surface area contributed by atoms with Gasteiger partial charge in [0, 0.05) is 5.02 Å². The quantitative estimate of drug-likeness (QED) is 0.653. The van der Waals surface area contributed by atoms with E-state index in [-0.39, 0.29) is 6.04 Å². The average molecular weight is 303 g/mol. The first kappa shape index (κ1) is 14.4. The van der Waals surface area contributed by atoms with Crippen molar-refractivity contribution in [2.24, 2.45) is 5.84 Å². The smallest absolute Gasteiger partial charge is 0.119 e. The Morgan fingerprint density at radius 1 is 1.14 bits per heavy atom. The molecule has 0 bridgehead atoms. The molecule has 0 spiro atoms. The van der Waals surface area contributed by atoms with Gasteiger partial charge < -0.3 is 4.74 Å². The van der Waals surface area contributed by atoms with E-state index in [9.17, 15) is 0 Å². The van der Waals surface area contributed by atoms with Crippen molar-refractivity contribution < 1.29 is 4.74 Å². The maximum atomic E-state index is 6.08. The van der Waals surface area contributed by atoms with E-state index in [0.717, 1.165) is 27.5 Å². The molecule has 1 aliphatic carbocycles. The Hall–Kier alpha value is -1.55. The van der Waals surface area contributed by atoms with Crippen molar-refractivity contribution in [3.05, 3.63) is 64.2 Å². The van der Waals surface area contributed by atoms with Gasteiger partial charge in [0.2, 0.25) is 0 Å². The summed E-state index contributed by atoms with van der Waals surface area (Å²) in [4.78, 5) is 0. The fourth-order valence-corrected chi connectivity index (χ4v) is 2.47. The van der Waals surface area contributed by atoms with E-state index in [2.05, 4.69) is 11.5 Å². The van der Waals surface area contributed by atoms with E-state index in [1.165, 1.54) is 12.8 Å². The lowest BCUT2D eigenvalue weighted by Crippen LogP contribution is -2.28. The molecule has 0 heterocycles. The third kappa shape index (κ3) is 3.38. The number of benzene rings is 2. The molecule has 1 atom stereocenters. The molecule has 1 aliphatic rings. The lowest BCUT2D eigenvalue weighted by molar-refractivity contribution is 0.303. The van der Waals surface area contributed by atoms with E-state index in [1.54, 1.807) is 0 Å². The summed E-state index contributed by atoms with van der Waals surface area (Å²) in [6, 6.07) is 14.0. The number of halogens is 1. The summed E-state index contributed by atoms with van der Waals surface area (Å²) in [5.74, 6) is 6.66. The first-order valence-corrected chi connectivity index (χ1v) is 7.54. The summed E-state index contributed by atoms with van der Waals surface area (Å²) < 4.78 is 5.77. The molecule has 0 amide bonds. The molecule has 2 aromatic carbocycles. The van der Waals surface area contributed by atoms with Gasteiger partial charge in [-0.25, -0.2) is 5.43 Å². The molecule has 21 heavy (non-hydrogen) atoms. The van der Waals surface area contributed by atoms with Crippen LogP contribution >= 0.6 is 11.6 Å². The van der Waals surface area contributed by atoms with Crippen LogP contribution in [0.2, 0.25) is 5.02 Å². The van der Waals surface area contributed by atoms with Crippen LogP contribution in [-0.4, -0.2) is 6.10 Å². The molecule has 0 saturated heterocycles. The standard InChI is InChI=1S/C17H19ClN2O/c1-11-10-13(4-9-16(11)18)17(20-19)12-2-5-14(6-3-12)21-15-7-8-15/h2-6,9-10,15,17,20H,7-8,19H2,1H3. The molecule has 2 aromatic rings. The molecule has 110 valence electrons. The minimum Gasteiger partial charge on any atom is -0.490 e. The Morgan fingerprint density at radius 3 is 2.38 bits per heavy atom. The second-order valence-corrected chi connectivity index (χ2v) is 5.90. The summed E-state index contributed by atoms with van der Waals surface area (Å²) in [7, 11) is 0. The SMILES string of the molecule is Cc1cc(C(NN)c2ccc(OC3CC3)cc2)ccc1Cl. The van der Waals surface area contributed by atoms with Crippen LogP contribution in [-0.2, 0) is 0 Å². The monoisotopic (exact) mass is 302 g/mol. The highest BCUT2D eigenvalue weighted by atomic mass is 35.5. The van der Waals surface area contributed by atoms with Crippen LogP contribution < -0.4 is 16.0 Å². The van der Waals surface area contributed by atoms with Gasteiger partial charge in [-0.05, 0) is 54.7 Å². The number of hydrogen-bond donors (Lipinski definition) is 2. The number of ether oxygens (including phenoxy) is 1. The molecular formula is C17H19ClN2O. The highest BCUT2D eigenvalue weighted by Gasteiger charge is 2.23. The van der Waals surface area contributed by atoms with Gasteiger partial charge in [-0.2, -0.15) is 0 Å². The van der Waals surface area contributed by atoms with Gasteiger partial charge in [0.25, 0.3) is 0 Å². The number of nitrogens with two attached hydrogens (primary N) is 1. The normalized spacial score (nSPS) is 15.8. The van der Waals surface area contributed by atoms with E-state index in [0.29, 0.717) is 6.10 Å². The van der Waals surface area contributed by atoms with Crippen LogP contribution in [0.15, 0.2) is 42.5 Å². The van der Waals surface area contributed by atoms with Gasteiger partial charge in [-0.15, -0.1) is 0 Å². The molecule has 1 unspecified atom stereocenters. The van der Waals surface area contributed by atoms with Crippen molar-refractivity contribution in [3.8, 4) is 5.75 Å². The molecule has 3 N–H and O–H groups in total. The Morgan fingerprint density at radius 2 is 1.81 bits per heavy atom. The average Bonchev–Trinajstić information content (AvgIpc) is 3.29. The maximum Gasteiger partial charge on any atom is 0.119 e. The third-order valence-corrected chi connectivity index (χ3v) is 4.15. The Kier molecular flexibility index (Phi) is 4.15. The number of hydrazine groups is 1. The van der Waals surface area contributed by atoms with Crippen LogP contribution in [0.3, 0.4) is 0 Å². The number of aryl methyl sites for hydroxylation is 1. The van der Waals surface area contributed by atoms with Gasteiger partial charge >= 0.3 is 0 Å². The Balaban J connectivity index is 1.82. The first-order chi connectivity index (χ1) is 10.2. The molecule has 4 heteroatoms. The van der Waals surface area contributed by atoms with Gasteiger partial charge in [-0.1, -0.05) is 35.9 Å². The highest BCUT2D eigenvalue weighted by Crippen LogP contribution is 2.29.